The molecular weight excluding hydrogens is 265 g/mol. The molecule has 0 saturated carbocycles. The quantitative estimate of drug-likeness (QED) is 0.900. The van der Waals surface area contributed by atoms with Crippen molar-refractivity contribution in [3.8, 4) is 0 Å². The molecule has 1 atom stereocenters. The van der Waals surface area contributed by atoms with Crippen LogP contribution in [-0.2, 0) is 6.54 Å². The van der Waals surface area contributed by atoms with Gasteiger partial charge in [-0.2, -0.15) is 0 Å². The first-order valence-electron chi connectivity index (χ1n) is 7.90. The lowest BCUT2D eigenvalue weighted by Crippen LogP contribution is -2.45. The van der Waals surface area contributed by atoms with Gasteiger partial charge in [0.2, 0.25) is 0 Å². The molecule has 1 N–H and O–H groups in total. The summed E-state index contributed by atoms with van der Waals surface area (Å²) in [4.78, 5) is 4.42. The Balaban J connectivity index is 2.06. The van der Waals surface area contributed by atoms with E-state index in [9.17, 15) is 4.39 Å². The second-order valence-corrected chi connectivity index (χ2v) is 6.53. The van der Waals surface area contributed by atoms with E-state index in [1.54, 1.807) is 6.07 Å². The van der Waals surface area contributed by atoms with Crippen molar-refractivity contribution in [2.75, 3.05) is 32.1 Å². The first-order chi connectivity index (χ1) is 9.97. The van der Waals surface area contributed by atoms with Crippen molar-refractivity contribution in [3.05, 3.63) is 29.6 Å². The highest BCUT2D eigenvalue weighted by atomic mass is 19.1. The maximum absolute atomic E-state index is 14.4. The summed E-state index contributed by atoms with van der Waals surface area (Å²) in [6, 6.07) is 6.57. The van der Waals surface area contributed by atoms with Crippen molar-refractivity contribution in [2.24, 2.45) is 0 Å². The third kappa shape index (κ3) is 4.42. The zero-order valence-electron chi connectivity index (χ0n) is 13.7. The molecule has 1 saturated heterocycles. The van der Waals surface area contributed by atoms with Crippen LogP contribution >= 0.6 is 0 Å². The predicted molar refractivity (Wildman–Crippen MR) is 87.3 cm³/mol. The number of anilines is 1. The van der Waals surface area contributed by atoms with E-state index in [2.05, 4.69) is 43.1 Å². The maximum Gasteiger partial charge on any atom is 0.146 e. The molecule has 3 nitrogen and oxygen atoms in total. The van der Waals surface area contributed by atoms with Gasteiger partial charge in [0.15, 0.2) is 0 Å². The Labute approximate surface area is 128 Å². The molecule has 21 heavy (non-hydrogen) atoms. The van der Waals surface area contributed by atoms with Gasteiger partial charge in [-0.05, 0) is 44.6 Å². The molecule has 1 aliphatic rings. The van der Waals surface area contributed by atoms with Crippen LogP contribution in [0.5, 0.6) is 0 Å². The molecule has 0 aromatic heterocycles. The van der Waals surface area contributed by atoms with Crippen LogP contribution in [0.1, 0.15) is 32.3 Å². The van der Waals surface area contributed by atoms with Gasteiger partial charge in [0, 0.05) is 31.7 Å². The molecule has 0 radical (unpaired) electrons. The lowest BCUT2D eigenvalue weighted by molar-refractivity contribution is 0.257. The zero-order valence-corrected chi connectivity index (χ0v) is 13.7. The number of halogens is 1. The van der Waals surface area contributed by atoms with Crippen molar-refractivity contribution in [3.63, 3.8) is 0 Å². The molecule has 1 unspecified atom stereocenters. The molecular formula is C17H28FN3. The Morgan fingerprint density at radius 1 is 1.38 bits per heavy atom. The van der Waals surface area contributed by atoms with Gasteiger partial charge in [0.1, 0.15) is 5.82 Å². The highest BCUT2D eigenvalue weighted by molar-refractivity contribution is 5.49. The van der Waals surface area contributed by atoms with Crippen LogP contribution in [0.15, 0.2) is 18.2 Å². The van der Waals surface area contributed by atoms with Gasteiger partial charge in [0.25, 0.3) is 0 Å². The fraction of sp³-hybridized carbons (Fsp3) is 0.647. The standard InChI is InChI=1S/C17H28FN3/c1-13(2)19-11-14-7-8-17(16(18)10-14)21-9-5-6-15(12-21)20(3)4/h7-8,10,13,15,19H,5-6,9,11-12H2,1-4H3. The second-order valence-electron chi connectivity index (χ2n) is 6.53. The topological polar surface area (TPSA) is 18.5 Å². The molecule has 1 aliphatic heterocycles. The minimum Gasteiger partial charge on any atom is -0.368 e. The Bertz CT molecular complexity index is 459. The van der Waals surface area contributed by atoms with Crippen molar-refractivity contribution in [1.82, 2.24) is 10.2 Å². The molecule has 0 bridgehead atoms. The summed E-state index contributed by atoms with van der Waals surface area (Å²) in [7, 11) is 4.20. The number of nitrogens with zero attached hydrogens (tertiary/aromatic N) is 2. The van der Waals surface area contributed by atoms with Crippen molar-refractivity contribution < 1.29 is 4.39 Å². The van der Waals surface area contributed by atoms with E-state index in [1.807, 2.05) is 12.1 Å². The summed E-state index contributed by atoms with van der Waals surface area (Å²) in [6.07, 6.45) is 2.32. The van der Waals surface area contributed by atoms with Crippen LogP contribution in [-0.4, -0.2) is 44.2 Å². The molecule has 1 heterocycles. The van der Waals surface area contributed by atoms with E-state index >= 15 is 0 Å². The van der Waals surface area contributed by atoms with Crippen LogP contribution < -0.4 is 10.2 Å². The Hall–Kier alpha value is -1.13. The second kappa shape index (κ2) is 7.23. The molecule has 4 heteroatoms. The molecule has 0 aliphatic carbocycles. The normalized spacial score (nSPS) is 19.6. The van der Waals surface area contributed by atoms with Gasteiger partial charge >= 0.3 is 0 Å². The van der Waals surface area contributed by atoms with Gasteiger partial charge in [-0.1, -0.05) is 19.9 Å². The van der Waals surface area contributed by atoms with Crippen LogP contribution in [0.4, 0.5) is 10.1 Å². The Kier molecular flexibility index (Phi) is 5.59. The lowest BCUT2D eigenvalue weighted by Gasteiger charge is -2.37. The fourth-order valence-electron chi connectivity index (χ4n) is 2.83. The van der Waals surface area contributed by atoms with Crippen LogP contribution in [0, 0.1) is 5.82 Å². The molecule has 0 amide bonds. The monoisotopic (exact) mass is 293 g/mol. The third-order valence-electron chi connectivity index (χ3n) is 4.19. The Morgan fingerprint density at radius 3 is 2.76 bits per heavy atom. The van der Waals surface area contributed by atoms with E-state index in [4.69, 9.17) is 0 Å². The smallest absolute Gasteiger partial charge is 0.146 e. The number of nitrogens with one attached hydrogen (secondary N) is 1. The first-order valence-corrected chi connectivity index (χ1v) is 7.90. The number of rotatable bonds is 5. The number of likely N-dealkylation sites (N-methyl/N-ethyl adjacent to an activating group) is 1. The van der Waals surface area contributed by atoms with Crippen LogP contribution in [0.25, 0.3) is 0 Å². The summed E-state index contributed by atoms with van der Waals surface area (Å²) >= 11 is 0. The minimum atomic E-state index is -0.0996. The summed E-state index contributed by atoms with van der Waals surface area (Å²) in [5, 5.41) is 3.32. The van der Waals surface area contributed by atoms with Crippen LogP contribution in [0.3, 0.4) is 0 Å². The summed E-state index contributed by atoms with van der Waals surface area (Å²) in [5.41, 5.74) is 1.75. The third-order valence-corrected chi connectivity index (χ3v) is 4.19. The van der Waals surface area contributed by atoms with Gasteiger partial charge in [0.05, 0.1) is 5.69 Å². The summed E-state index contributed by atoms with van der Waals surface area (Å²) in [6.45, 7) is 6.77. The van der Waals surface area contributed by atoms with Gasteiger partial charge in [-0.15, -0.1) is 0 Å². The van der Waals surface area contributed by atoms with Crippen LogP contribution in [0.2, 0.25) is 0 Å². The lowest BCUT2D eigenvalue weighted by atomic mass is 10.0. The molecule has 1 fully saturated rings. The van der Waals surface area contributed by atoms with Gasteiger partial charge in [-0.25, -0.2) is 4.39 Å². The first kappa shape index (κ1) is 16.2. The largest absolute Gasteiger partial charge is 0.368 e. The van der Waals surface area contributed by atoms with Crippen molar-refractivity contribution in [2.45, 2.75) is 45.3 Å². The van der Waals surface area contributed by atoms with E-state index < -0.39 is 0 Å². The number of benzene rings is 1. The average molecular weight is 293 g/mol. The number of hydrogen-bond acceptors (Lipinski definition) is 3. The highest BCUT2D eigenvalue weighted by Gasteiger charge is 2.23. The summed E-state index contributed by atoms with van der Waals surface area (Å²) in [5.74, 6) is -0.0996. The molecule has 2 rings (SSSR count). The van der Waals surface area contributed by atoms with E-state index in [0.29, 0.717) is 12.1 Å². The fourth-order valence-corrected chi connectivity index (χ4v) is 2.83. The molecule has 0 spiro atoms. The molecule has 1 aromatic carbocycles. The summed E-state index contributed by atoms with van der Waals surface area (Å²) < 4.78 is 14.4. The Morgan fingerprint density at radius 2 is 2.14 bits per heavy atom. The molecule has 1 aromatic rings. The van der Waals surface area contributed by atoms with Crippen molar-refractivity contribution in [1.29, 1.82) is 0 Å². The van der Waals surface area contributed by atoms with E-state index in [1.165, 1.54) is 6.42 Å². The minimum absolute atomic E-state index is 0.0996. The zero-order chi connectivity index (χ0) is 15.4. The highest BCUT2D eigenvalue weighted by Crippen LogP contribution is 2.25. The van der Waals surface area contributed by atoms with E-state index in [-0.39, 0.29) is 5.82 Å². The maximum atomic E-state index is 14.4. The van der Waals surface area contributed by atoms with E-state index in [0.717, 1.165) is 37.3 Å². The number of piperidine rings is 1. The van der Waals surface area contributed by atoms with Gasteiger partial charge in [-0.3, -0.25) is 0 Å². The predicted octanol–water partition coefficient (Wildman–Crippen LogP) is 2.85. The van der Waals surface area contributed by atoms with Gasteiger partial charge < -0.3 is 15.1 Å². The molecule has 118 valence electrons. The van der Waals surface area contributed by atoms with Crippen molar-refractivity contribution >= 4 is 5.69 Å². The SMILES string of the molecule is CC(C)NCc1ccc(N2CCCC(N(C)C)C2)c(F)c1. The number of hydrogen-bond donors (Lipinski definition) is 1. The average Bonchev–Trinajstić information content (AvgIpc) is 2.45.